The summed E-state index contributed by atoms with van der Waals surface area (Å²) >= 11 is 0. The van der Waals surface area contributed by atoms with Crippen LogP contribution in [0.3, 0.4) is 0 Å². The lowest BCUT2D eigenvalue weighted by Crippen LogP contribution is -2.36. The normalized spacial score (nSPS) is 20.1. The van der Waals surface area contributed by atoms with Crippen LogP contribution in [-0.4, -0.2) is 39.1 Å². The van der Waals surface area contributed by atoms with Crippen molar-refractivity contribution in [3.8, 4) is 0 Å². The molecule has 2 rings (SSSR count). The Hall–Kier alpha value is -1.69. The van der Waals surface area contributed by atoms with Gasteiger partial charge in [-0.1, -0.05) is 0 Å². The fourth-order valence-electron chi connectivity index (χ4n) is 1.88. The smallest absolute Gasteiger partial charge is 0.225 e. The summed E-state index contributed by atoms with van der Waals surface area (Å²) in [5.74, 6) is 0.574. The Labute approximate surface area is 93.7 Å². The number of nitrogens with two attached hydrogens (primary N) is 1. The van der Waals surface area contributed by atoms with Crippen molar-refractivity contribution in [1.82, 2.24) is 14.7 Å². The fourth-order valence-corrected chi connectivity index (χ4v) is 1.88. The van der Waals surface area contributed by atoms with Crippen molar-refractivity contribution >= 4 is 11.7 Å². The van der Waals surface area contributed by atoms with Crippen LogP contribution in [0.25, 0.3) is 0 Å². The number of carbonyl (C=O) groups is 1. The molecule has 2 N–H and O–H groups in total. The number of aliphatic imine (C=N–C) groups is 1. The molecule has 0 saturated heterocycles. The van der Waals surface area contributed by atoms with Gasteiger partial charge in [0.25, 0.3) is 0 Å². The first kappa shape index (κ1) is 10.8. The minimum Gasteiger partial charge on any atom is -0.308 e. The maximum Gasteiger partial charge on any atom is 0.225 e. The van der Waals surface area contributed by atoms with Gasteiger partial charge in [0, 0.05) is 14.0 Å². The van der Waals surface area contributed by atoms with Gasteiger partial charge in [0.2, 0.25) is 5.91 Å². The number of amidine groups is 1. The zero-order chi connectivity index (χ0) is 11.9. The monoisotopic (exact) mass is 221 g/mol. The Morgan fingerprint density at radius 1 is 1.62 bits per heavy atom. The lowest BCUT2D eigenvalue weighted by Gasteiger charge is -2.16. The van der Waals surface area contributed by atoms with E-state index in [-0.39, 0.29) is 12.1 Å². The third-order valence-corrected chi connectivity index (χ3v) is 2.63. The molecule has 1 aliphatic heterocycles. The number of carbonyl (C=O) groups excluding carboxylic acids is 1. The first-order valence-corrected chi connectivity index (χ1v) is 5.11. The van der Waals surface area contributed by atoms with Gasteiger partial charge in [-0.05, 0) is 12.5 Å². The van der Waals surface area contributed by atoms with Gasteiger partial charge in [-0.3, -0.25) is 14.4 Å². The Morgan fingerprint density at radius 3 is 2.81 bits per heavy atom. The van der Waals surface area contributed by atoms with Gasteiger partial charge < -0.3 is 5.73 Å². The fraction of sp³-hybridized carbons (Fsp3) is 0.500. The number of hydrogen-bond donors (Lipinski definition) is 1. The third-order valence-electron chi connectivity index (χ3n) is 2.63. The Balaban J connectivity index is 2.47. The zero-order valence-corrected chi connectivity index (χ0v) is 9.64. The van der Waals surface area contributed by atoms with Crippen molar-refractivity contribution < 1.29 is 4.79 Å². The molecule has 1 unspecified atom stereocenters. The average Bonchev–Trinajstić information content (AvgIpc) is 2.70. The lowest BCUT2D eigenvalue weighted by atomic mass is 10.2. The number of rotatable bonds is 1. The standard InChI is InChI=1S/C10H15N5O/c1-6-4-12-14(3)9(6)10-13-8(11)5-15(10)7(2)16/h4,8H,5,11H2,1-3H3. The summed E-state index contributed by atoms with van der Waals surface area (Å²) in [7, 11) is 1.83. The molecule has 16 heavy (non-hydrogen) atoms. The highest BCUT2D eigenvalue weighted by Gasteiger charge is 2.29. The largest absolute Gasteiger partial charge is 0.308 e. The van der Waals surface area contributed by atoms with Crippen LogP contribution in [0.4, 0.5) is 0 Å². The summed E-state index contributed by atoms with van der Waals surface area (Å²) in [6.07, 6.45) is 1.41. The number of amides is 1. The van der Waals surface area contributed by atoms with E-state index in [2.05, 4.69) is 10.1 Å². The minimum absolute atomic E-state index is 0.0488. The molecule has 1 aromatic rings. The molecule has 0 fully saturated rings. The highest BCUT2D eigenvalue weighted by molar-refractivity contribution is 6.08. The average molecular weight is 221 g/mol. The van der Waals surface area contributed by atoms with Gasteiger partial charge in [0.05, 0.1) is 12.7 Å². The van der Waals surface area contributed by atoms with E-state index in [9.17, 15) is 4.79 Å². The van der Waals surface area contributed by atoms with Crippen LogP contribution in [0.2, 0.25) is 0 Å². The predicted molar refractivity (Wildman–Crippen MR) is 59.8 cm³/mol. The molecule has 86 valence electrons. The summed E-state index contributed by atoms with van der Waals surface area (Å²) in [5.41, 5.74) is 7.59. The van der Waals surface area contributed by atoms with E-state index in [4.69, 9.17) is 5.73 Å². The molecular formula is C10H15N5O. The molecule has 6 heteroatoms. The van der Waals surface area contributed by atoms with Crippen LogP contribution in [0.15, 0.2) is 11.2 Å². The van der Waals surface area contributed by atoms with Gasteiger partial charge in [-0.15, -0.1) is 0 Å². The highest BCUT2D eigenvalue weighted by atomic mass is 16.2. The molecule has 2 heterocycles. The van der Waals surface area contributed by atoms with Crippen molar-refractivity contribution in [3.05, 3.63) is 17.5 Å². The lowest BCUT2D eigenvalue weighted by molar-refractivity contribution is -0.124. The second-order valence-electron chi connectivity index (χ2n) is 3.95. The maximum atomic E-state index is 11.5. The van der Waals surface area contributed by atoms with Crippen molar-refractivity contribution in [3.63, 3.8) is 0 Å². The Morgan fingerprint density at radius 2 is 2.31 bits per heavy atom. The van der Waals surface area contributed by atoms with Crippen LogP contribution >= 0.6 is 0 Å². The van der Waals surface area contributed by atoms with E-state index in [0.717, 1.165) is 11.3 Å². The molecule has 1 aliphatic rings. The van der Waals surface area contributed by atoms with E-state index in [1.165, 1.54) is 6.92 Å². The SMILES string of the molecule is CC(=O)N1CC(N)N=C1c1c(C)cnn1C. The molecule has 1 amide bonds. The molecule has 0 saturated carbocycles. The topological polar surface area (TPSA) is 76.5 Å². The molecule has 0 aliphatic carbocycles. The van der Waals surface area contributed by atoms with Crippen molar-refractivity contribution in [1.29, 1.82) is 0 Å². The maximum absolute atomic E-state index is 11.5. The molecule has 1 aromatic heterocycles. The highest BCUT2D eigenvalue weighted by Crippen LogP contribution is 2.16. The van der Waals surface area contributed by atoms with Gasteiger partial charge in [0.15, 0.2) is 5.84 Å². The summed E-state index contributed by atoms with van der Waals surface area (Å²) in [6.45, 7) is 3.89. The van der Waals surface area contributed by atoms with Crippen molar-refractivity contribution in [2.24, 2.45) is 17.8 Å². The third kappa shape index (κ3) is 1.61. The summed E-state index contributed by atoms with van der Waals surface area (Å²) in [4.78, 5) is 17.4. The van der Waals surface area contributed by atoms with E-state index in [1.807, 2.05) is 14.0 Å². The zero-order valence-electron chi connectivity index (χ0n) is 9.64. The van der Waals surface area contributed by atoms with Crippen LogP contribution in [-0.2, 0) is 11.8 Å². The molecule has 0 bridgehead atoms. The number of hydrogen-bond acceptors (Lipinski definition) is 4. The first-order valence-electron chi connectivity index (χ1n) is 5.11. The molecule has 6 nitrogen and oxygen atoms in total. The quantitative estimate of drug-likeness (QED) is 0.702. The van der Waals surface area contributed by atoms with Crippen LogP contribution in [0.5, 0.6) is 0 Å². The van der Waals surface area contributed by atoms with Crippen LogP contribution < -0.4 is 5.73 Å². The van der Waals surface area contributed by atoms with E-state index >= 15 is 0 Å². The van der Waals surface area contributed by atoms with E-state index < -0.39 is 0 Å². The minimum atomic E-state index is -0.340. The van der Waals surface area contributed by atoms with E-state index in [0.29, 0.717) is 12.4 Å². The number of aryl methyl sites for hydroxylation is 2. The second-order valence-corrected chi connectivity index (χ2v) is 3.95. The summed E-state index contributed by atoms with van der Waals surface area (Å²) in [5, 5.41) is 4.14. The van der Waals surface area contributed by atoms with Gasteiger partial charge >= 0.3 is 0 Å². The number of nitrogens with zero attached hydrogens (tertiary/aromatic N) is 4. The second kappa shape index (κ2) is 3.71. The Kier molecular flexibility index (Phi) is 2.51. The van der Waals surface area contributed by atoms with Gasteiger partial charge in [0.1, 0.15) is 11.9 Å². The van der Waals surface area contributed by atoms with Crippen molar-refractivity contribution in [2.75, 3.05) is 6.54 Å². The molecule has 0 aromatic carbocycles. The summed E-state index contributed by atoms with van der Waals surface area (Å²) < 4.78 is 1.71. The van der Waals surface area contributed by atoms with Gasteiger partial charge in [-0.25, -0.2) is 4.99 Å². The predicted octanol–water partition coefficient (Wildman–Crippen LogP) is -0.378. The van der Waals surface area contributed by atoms with Crippen LogP contribution in [0, 0.1) is 6.92 Å². The Bertz CT molecular complexity index is 442. The molecular weight excluding hydrogens is 206 g/mol. The number of aromatic nitrogens is 2. The first-order chi connectivity index (χ1) is 7.50. The molecule has 0 radical (unpaired) electrons. The van der Waals surface area contributed by atoms with Crippen LogP contribution in [0.1, 0.15) is 18.2 Å². The van der Waals surface area contributed by atoms with E-state index in [1.54, 1.807) is 15.8 Å². The molecule has 0 spiro atoms. The molecule has 1 atom stereocenters. The van der Waals surface area contributed by atoms with Gasteiger partial charge in [-0.2, -0.15) is 5.10 Å². The summed E-state index contributed by atoms with van der Waals surface area (Å²) in [6, 6.07) is 0. The van der Waals surface area contributed by atoms with Crippen molar-refractivity contribution in [2.45, 2.75) is 20.0 Å².